The van der Waals surface area contributed by atoms with E-state index < -0.39 is 18.0 Å². The number of alkyl halides is 3. The Morgan fingerprint density at radius 2 is 1.90 bits per heavy atom. The third-order valence-electron chi connectivity index (χ3n) is 4.61. The number of amides is 1. The molecular weight excluding hydrogens is 407 g/mol. The first-order chi connectivity index (χ1) is 13.5. The van der Waals surface area contributed by atoms with E-state index in [1.807, 2.05) is 0 Å². The van der Waals surface area contributed by atoms with Crippen molar-refractivity contribution < 1.29 is 27.8 Å². The van der Waals surface area contributed by atoms with E-state index in [1.165, 1.54) is 40.8 Å². The Kier molecular flexibility index (Phi) is 5.59. The van der Waals surface area contributed by atoms with Crippen molar-refractivity contribution >= 4 is 28.8 Å². The van der Waals surface area contributed by atoms with Gasteiger partial charge in [0.15, 0.2) is 0 Å². The molecule has 0 spiro atoms. The molecule has 0 fully saturated rings. The molecule has 1 N–H and O–H groups in total. The van der Waals surface area contributed by atoms with Gasteiger partial charge >= 0.3 is 6.36 Å². The van der Waals surface area contributed by atoms with Crippen LogP contribution in [0.3, 0.4) is 0 Å². The van der Waals surface area contributed by atoms with E-state index in [1.54, 1.807) is 43.4 Å². The van der Waals surface area contributed by atoms with Crippen LogP contribution in [0.4, 0.5) is 18.9 Å². The molecule has 156 valence electrons. The number of ether oxygens (including phenoxy) is 1. The lowest BCUT2D eigenvalue weighted by Crippen LogP contribution is -2.57. The lowest BCUT2D eigenvalue weighted by atomic mass is 9.97. The number of hydrazine groups is 1. The van der Waals surface area contributed by atoms with Crippen LogP contribution in [0.2, 0.25) is 0 Å². The number of rotatable bonds is 5. The summed E-state index contributed by atoms with van der Waals surface area (Å²) in [5.41, 5.74) is 0.539. The van der Waals surface area contributed by atoms with Crippen LogP contribution in [-0.4, -0.2) is 38.4 Å². The number of hydrogen-bond acceptors (Lipinski definition) is 6. The van der Waals surface area contributed by atoms with Crippen molar-refractivity contribution in [3.8, 4) is 5.75 Å². The third kappa shape index (κ3) is 4.70. The summed E-state index contributed by atoms with van der Waals surface area (Å²) in [5.74, 6) is -0.545. The molecule has 0 saturated carbocycles. The molecule has 2 aromatic rings. The molecule has 6 nitrogen and oxygen atoms in total. The van der Waals surface area contributed by atoms with Crippen LogP contribution >= 0.6 is 11.5 Å². The lowest BCUT2D eigenvalue weighted by molar-refractivity contribution is -0.274. The molecule has 0 radical (unpaired) electrons. The first-order valence-corrected chi connectivity index (χ1v) is 9.61. The maximum atomic E-state index is 12.7. The Balaban J connectivity index is 2.02. The van der Waals surface area contributed by atoms with E-state index in [2.05, 4.69) is 9.11 Å². The van der Waals surface area contributed by atoms with Gasteiger partial charge in [-0.25, -0.2) is 5.01 Å². The second-order valence-corrected chi connectivity index (χ2v) is 7.79. The molecule has 3 rings (SSSR count). The molecule has 10 heteroatoms. The smallest absolute Gasteiger partial charge is 0.406 e. The minimum Gasteiger partial charge on any atom is -0.406 e. The quantitative estimate of drug-likeness (QED) is 0.775. The molecule has 0 saturated heterocycles. The van der Waals surface area contributed by atoms with Crippen LogP contribution < -0.4 is 9.75 Å². The fourth-order valence-electron chi connectivity index (χ4n) is 2.92. The number of carbonyl (C=O) groups excluding carboxylic acids is 1. The van der Waals surface area contributed by atoms with Gasteiger partial charge in [-0.15, -0.1) is 13.2 Å². The summed E-state index contributed by atoms with van der Waals surface area (Å²) in [4.78, 5) is 12.7. The van der Waals surface area contributed by atoms with Gasteiger partial charge in [0.05, 0.1) is 29.2 Å². The molecule has 0 unspecified atom stereocenters. The topological polar surface area (TPSA) is 65.9 Å². The van der Waals surface area contributed by atoms with E-state index in [-0.39, 0.29) is 18.1 Å². The predicted molar refractivity (Wildman–Crippen MR) is 103 cm³/mol. The minimum atomic E-state index is -4.78. The summed E-state index contributed by atoms with van der Waals surface area (Å²) in [7, 11) is 0. The number of aliphatic hydroxyl groups is 1. The van der Waals surface area contributed by atoms with Crippen LogP contribution in [-0.2, 0) is 4.79 Å². The second kappa shape index (κ2) is 7.68. The Labute approximate surface area is 169 Å². The van der Waals surface area contributed by atoms with Gasteiger partial charge in [0, 0.05) is 11.8 Å². The molecule has 0 aliphatic carbocycles. The predicted octanol–water partition coefficient (Wildman–Crippen LogP) is 4.20. The van der Waals surface area contributed by atoms with Gasteiger partial charge in [0.1, 0.15) is 5.75 Å². The highest BCUT2D eigenvalue weighted by Crippen LogP contribution is 2.36. The Hall–Kier alpha value is -2.59. The zero-order valence-electron chi connectivity index (χ0n) is 16.0. The second-order valence-electron chi connectivity index (χ2n) is 7.13. The molecular formula is C19H20F3N3O3S. The van der Waals surface area contributed by atoms with Crippen LogP contribution in [0.5, 0.6) is 5.75 Å². The summed E-state index contributed by atoms with van der Waals surface area (Å²) in [6, 6.07) is 4.85. The number of halogens is 3. The highest BCUT2D eigenvalue weighted by molar-refractivity contribution is 7.04. The van der Waals surface area contributed by atoms with Crippen LogP contribution in [0, 0.1) is 0 Å². The molecule has 1 atom stereocenters. The molecule has 1 aromatic heterocycles. The summed E-state index contributed by atoms with van der Waals surface area (Å²) >= 11 is 1.19. The van der Waals surface area contributed by atoms with E-state index >= 15 is 0 Å². The van der Waals surface area contributed by atoms with Gasteiger partial charge < -0.3 is 9.84 Å². The maximum absolute atomic E-state index is 12.7. The van der Waals surface area contributed by atoms with E-state index in [0.29, 0.717) is 16.9 Å². The third-order valence-corrected chi connectivity index (χ3v) is 5.18. The lowest BCUT2D eigenvalue weighted by Gasteiger charge is -2.47. The number of nitrogens with zero attached hydrogens (tertiary/aromatic N) is 3. The van der Waals surface area contributed by atoms with Gasteiger partial charge in [0.2, 0.25) is 5.91 Å². The van der Waals surface area contributed by atoms with Crippen LogP contribution in [0.25, 0.3) is 5.70 Å². The molecule has 2 heterocycles. The molecule has 0 bridgehead atoms. The standard InChI is InChI=1S/C19H20F3N3O3S/c1-12(18(2,3)27)24-16(8-9-17(26)25(24)14-10-23-29-11-14)13-4-6-15(7-5-13)28-19(20,21)22/h4-8,10-12,27H,9H2,1-3H3/t12-/m0/s1. The zero-order chi connectivity index (χ0) is 21.4. The number of aromatic nitrogens is 1. The van der Waals surface area contributed by atoms with Crippen molar-refractivity contribution in [1.29, 1.82) is 0 Å². The van der Waals surface area contributed by atoms with Crippen molar-refractivity contribution in [2.45, 2.75) is 45.2 Å². The van der Waals surface area contributed by atoms with Gasteiger partial charge in [0.25, 0.3) is 0 Å². The van der Waals surface area contributed by atoms with Gasteiger partial charge in [-0.3, -0.25) is 9.80 Å². The SMILES string of the molecule is C[C@H](N1C(c2ccc(OC(F)(F)F)cc2)=CCC(=O)N1c1cnsc1)C(C)(C)O. The fraction of sp³-hybridized carbons (Fsp3) is 0.368. The summed E-state index contributed by atoms with van der Waals surface area (Å²) in [6.07, 6.45) is -1.43. The zero-order valence-corrected chi connectivity index (χ0v) is 16.8. The molecule has 1 aromatic carbocycles. The largest absolute Gasteiger partial charge is 0.573 e. The molecule has 29 heavy (non-hydrogen) atoms. The van der Waals surface area contributed by atoms with Crippen LogP contribution in [0.1, 0.15) is 32.8 Å². The molecule has 1 aliphatic rings. The molecule has 1 amide bonds. The van der Waals surface area contributed by atoms with Crippen molar-refractivity contribution in [1.82, 2.24) is 9.38 Å². The van der Waals surface area contributed by atoms with Crippen molar-refractivity contribution in [3.05, 3.63) is 47.5 Å². The highest BCUT2D eigenvalue weighted by atomic mass is 32.1. The Bertz CT molecular complexity index is 890. The summed E-state index contributed by atoms with van der Waals surface area (Å²) in [6.45, 7) is 5.01. The first-order valence-electron chi connectivity index (χ1n) is 8.77. The maximum Gasteiger partial charge on any atom is 0.573 e. The minimum absolute atomic E-state index is 0.0983. The first kappa shape index (κ1) is 21.1. The summed E-state index contributed by atoms with van der Waals surface area (Å²) < 4.78 is 45.3. The van der Waals surface area contributed by atoms with Gasteiger partial charge in [-0.1, -0.05) is 0 Å². The highest BCUT2D eigenvalue weighted by Gasteiger charge is 2.39. The van der Waals surface area contributed by atoms with Gasteiger partial charge in [-0.2, -0.15) is 4.37 Å². The monoisotopic (exact) mass is 427 g/mol. The van der Waals surface area contributed by atoms with Gasteiger partial charge in [-0.05, 0) is 68.2 Å². The van der Waals surface area contributed by atoms with Crippen LogP contribution in [0.15, 0.2) is 41.9 Å². The number of hydrogen-bond donors (Lipinski definition) is 1. The Morgan fingerprint density at radius 3 is 2.41 bits per heavy atom. The number of anilines is 1. The fourth-order valence-corrected chi connectivity index (χ4v) is 3.42. The average molecular weight is 427 g/mol. The van der Waals surface area contributed by atoms with Crippen molar-refractivity contribution in [2.75, 3.05) is 5.01 Å². The van der Waals surface area contributed by atoms with Crippen molar-refractivity contribution in [3.63, 3.8) is 0 Å². The number of carbonyl (C=O) groups is 1. The number of benzene rings is 1. The van der Waals surface area contributed by atoms with E-state index in [9.17, 15) is 23.1 Å². The normalized spacial score (nSPS) is 16.7. The van der Waals surface area contributed by atoms with Crippen molar-refractivity contribution in [2.24, 2.45) is 0 Å². The Morgan fingerprint density at radius 1 is 1.24 bits per heavy atom. The summed E-state index contributed by atoms with van der Waals surface area (Å²) in [5, 5.41) is 15.4. The molecule has 1 aliphatic heterocycles. The van der Waals surface area contributed by atoms with E-state index in [0.717, 1.165) is 0 Å². The average Bonchev–Trinajstić information content (AvgIpc) is 3.13. The van der Waals surface area contributed by atoms with E-state index in [4.69, 9.17) is 0 Å².